The van der Waals surface area contributed by atoms with Crippen LogP contribution >= 0.6 is 0 Å². The molecule has 0 aliphatic heterocycles. The number of hydrogen-bond donors (Lipinski definition) is 1. The summed E-state index contributed by atoms with van der Waals surface area (Å²) in [5.74, 6) is 1.06. The zero-order chi connectivity index (χ0) is 14.8. The van der Waals surface area contributed by atoms with E-state index >= 15 is 0 Å². The topological polar surface area (TPSA) is 21.3 Å². The third kappa shape index (κ3) is 3.35. The zero-order valence-electron chi connectivity index (χ0n) is 13.7. The van der Waals surface area contributed by atoms with E-state index in [0.29, 0.717) is 0 Å². The number of rotatable bonds is 5. The van der Waals surface area contributed by atoms with Crippen LogP contribution in [0.25, 0.3) is 0 Å². The van der Waals surface area contributed by atoms with Crippen molar-refractivity contribution in [3.05, 3.63) is 29.3 Å². The van der Waals surface area contributed by atoms with Gasteiger partial charge >= 0.3 is 0 Å². The minimum absolute atomic E-state index is 0.0804. The van der Waals surface area contributed by atoms with Crippen LogP contribution in [0.4, 0.5) is 0 Å². The second-order valence-corrected chi connectivity index (χ2v) is 7.22. The SMILES string of the molecule is CNCCC1(Oc2ccc(C(C)(C)C)cc2C)CCC1. The lowest BCUT2D eigenvalue weighted by Crippen LogP contribution is -2.45. The standard InChI is InChI=1S/C18H29NO/c1-14-13-15(17(2,3)4)7-8-16(14)20-18(9-6-10-18)11-12-19-5/h7-8,13,19H,6,9-12H2,1-5H3. The van der Waals surface area contributed by atoms with Gasteiger partial charge in [-0.25, -0.2) is 0 Å². The first-order valence-corrected chi connectivity index (χ1v) is 7.81. The quantitative estimate of drug-likeness (QED) is 0.869. The molecule has 1 aromatic carbocycles. The van der Waals surface area contributed by atoms with Gasteiger partial charge in [-0.05, 0) is 68.8 Å². The Bertz CT molecular complexity index is 455. The Balaban J connectivity index is 2.13. The molecule has 0 saturated heterocycles. The molecule has 1 fully saturated rings. The van der Waals surface area contributed by atoms with Gasteiger partial charge in [0.1, 0.15) is 11.4 Å². The maximum absolute atomic E-state index is 6.40. The van der Waals surface area contributed by atoms with Crippen molar-refractivity contribution in [2.24, 2.45) is 0 Å². The monoisotopic (exact) mass is 275 g/mol. The molecule has 2 heteroatoms. The van der Waals surface area contributed by atoms with Crippen molar-refractivity contribution >= 4 is 0 Å². The van der Waals surface area contributed by atoms with Gasteiger partial charge in [-0.1, -0.05) is 32.9 Å². The molecule has 1 aliphatic carbocycles. The molecule has 0 heterocycles. The lowest BCUT2D eigenvalue weighted by molar-refractivity contribution is -0.0144. The smallest absolute Gasteiger partial charge is 0.123 e. The first-order valence-electron chi connectivity index (χ1n) is 7.81. The molecule has 0 bridgehead atoms. The normalized spacial score (nSPS) is 17.6. The molecule has 1 N–H and O–H groups in total. The Kier molecular flexibility index (Phi) is 4.43. The van der Waals surface area contributed by atoms with Crippen LogP contribution in [0.2, 0.25) is 0 Å². The molecular formula is C18H29NO. The lowest BCUT2D eigenvalue weighted by Gasteiger charge is -2.42. The number of nitrogens with one attached hydrogen (secondary N) is 1. The predicted octanol–water partition coefficient (Wildman–Crippen LogP) is 4.20. The van der Waals surface area contributed by atoms with Gasteiger partial charge < -0.3 is 10.1 Å². The number of hydrogen-bond acceptors (Lipinski definition) is 2. The molecule has 0 amide bonds. The first kappa shape index (κ1) is 15.4. The summed E-state index contributed by atoms with van der Waals surface area (Å²) in [6, 6.07) is 6.65. The largest absolute Gasteiger partial charge is 0.487 e. The van der Waals surface area contributed by atoms with E-state index in [1.54, 1.807) is 0 Å². The van der Waals surface area contributed by atoms with Crippen LogP contribution in [0.15, 0.2) is 18.2 Å². The van der Waals surface area contributed by atoms with Crippen molar-refractivity contribution in [2.75, 3.05) is 13.6 Å². The van der Waals surface area contributed by atoms with Gasteiger partial charge in [0.05, 0.1) is 0 Å². The van der Waals surface area contributed by atoms with Crippen LogP contribution in [0.5, 0.6) is 5.75 Å². The molecule has 20 heavy (non-hydrogen) atoms. The molecule has 0 radical (unpaired) electrons. The highest BCUT2D eigenvalue weighted by Crippen LogP contribution is 2.40. The summed E-state index contributed by atoms with van der Waals surface area (Å²) in [5, 5.41) is 3.24. The fourth-order valence-corrected chi connectivity index (χ4v) is 2.79. The average Bonchev–Trinajstić information content (AvgIpc) is 2.33. The van der Waals surface area contributed by atoms with E-state index in [-0.39, 0.29) is 11.0 Å². The van der Waals surface area contributed by atoms with Crippen LogP contribution in [-0.4, -0.2) is 19.2 Å². The Morgan fingerprint density at radius 1 is 1.25 bits per heavy atom. The van der Waals surface area contributed by atoms with E-state index in [4.69, 9.17) is 4.74 Å². The molecule has 2 rings (SSSR count). The fraction of sp³-hybridized carbons (Fsp3) is 0.667. The summed E-state index contributed by atoms with van der Waals surface area (Å²) in [6.45, 7) is 9.95. The van der Waals surface area contributed by atoms with E-state index < -0.39 is 0 Å². The molecule has 112 valence electrons. The minimum Gasteiger partial charge on any atom is -0.487 e. The molecule has 1 aromatic rings. The molecular weight excluding hydrogens is 246 g/mol. The highest BCUT2D eigenvalue weighted by Gasteiger charge is 2.39. The molecule has 0 unspecified atom stereocenters. The summed E-state index contributed by atoms with van der Waals surface area (Å²) < 4.78 is 6.40. The number of benzene rings is 1. The summed E-state index contributed by atoms with van der Waals surface area (Å²) in [6.07, 6.45) is 4.77. The van der Waals surface area contributed by atoms with Crippen molar-refractivity contribution in [1.82, 2.24) is 5.32 Å². The molecule has 2 nitrogen and oxygen atoms in total. The van der Waals surface area contributed by atoms with E-state index in [2.05, 4.69) is 51.2 Å². The van der Waals surface area contributed by atoms with Gasteiger partial charge in [-0.2, -0.15) is 0 Å². The van der Waals surface area contributed by atoms with Crippen molar-refractivity contribution in [1.29, 1.82) is 0 Å². The minimum atomic E-state index is 0.0804. The third-order valence-corrected chi connectivity index (χ3v) is 4.46. The van der Waals surface area contributed by atoms with Crippen LogP contribution in [0.1, 0.15) is 57.6 Å². The first-order chi connectivity index (χ1) is 9.36. The third-order valence-electron chi connectivity index (χ3n) is 4.46. The Morgan fingerprint density at radius 2 is 1.95 bits per heavy atom. The summed E-state index contributed by atoms with van der Waals surface area (Å²) in [7, 11) is 2.01. The van der Waals surface area contributed by atoms with Crippen LogP contribution in [0, 0.1) is 6.92 Å². The van der Waals surface area contributed by atoms with Gasteiger partial charge in [0.25, 0.3) is 0 Å². The summed E-state index contributed by atoms with van der Waals surface area (Å²) in [5.41, 5.74) is 2.91. The summed E-state index contributed by atoms with van der Waals surface area (Å²) >= 11 is 0. The van der Waals surface area contributed by atoms with Gasteiger partial charge in [-0.3, -0.25) is 0 Å². The second-order valence-electron chi connectivity index (χ2n) is 7.22. The van der Waals surface area contributed by atoms with E-state index in [9.17, 15) is 0 Å². The maximum atomic E-state index is 6.40. The highest BCUT2D eigenvalue weighted by molar-refractivity contribution is 5.39. The lowest BCUT2D eigenvalue weighted by atomic mass is 9.77. The molecule has 0 spiro atoms. The van der Waals surface area contributed by atoms with Gasteiger partial charge in [0.15, 0.2) is 0 Å². The van der Waals surface area contributed by atoms with E-state index in [1.165, 1.54) is 30.4 Å². The van der Waals surface area contributed by atoms with Crippen LogP contribution in [-0.2, 0) is 5.41 Å². The van der Waals surface area contributed by atoms with Crippen LogP contribution < -0.4 is 10.1 Å². The Labute approximate surface area is 123 Å². The molecule has 1 aliphatic rings. The van der Waals surface area contributed by atoms with Gasteiger partial charge in [0, 0.05) is 0 Å². The van der Waals surface area contributed by atoms with Crippen molar-refractivity contribution in [3.8, 4) is 5.75 Å². The zero-order valence-corrected chi connectivity index (χ0v) is 13.7. The fourth-order valence-electron chi connectivity index (χ4n) is 2.79. The molecule has 0 aromatic heterocycles. The Morgan fingerprint density at radius 3 is 2.40 bits per heavy atom. The predicted molar refractivity (Wildman–Crippen MR) is 85.6 cm³/mol. The van der Waals surface area contributed by atoms with E-state index in [0.717, 1.165) is 18.7 Å². The number of aryl methyl sites for hydroxylation is 1. The maximum Gasteiger partial charge on any atom is 0.123 e. The molecule has 0 atom stereocenters. The van der Waals surface area contributed by atoms with Crippen molar-refractivity contribution in [2.45, 2.75) is 64.4 Å². The van der Waals surface area contributed by atoms with Crippen molar-refractivity contribution in [3.63, 3.8) is 0 Å². The Hall–Kier alpha value is -1.02. The summed E-state index contributed by atoms with van der Waals surface area (Å²) in [4.78, 5) is 0. The molecule has 1 saturated carbocycles. The van der Waals surface area contributed by atoms with Gasteiger partial charge in [-0.15, -0.1) is 0 Å². The van der Waals surface area contributed by atoms with Crippen molar-refractivity contribution < 1.29 is 4.74 Å². The van der Waals surface area contributed by atoms with Gasteiger partial charge in [0.2, 0.25) is 0 Å². The van der Waals surface area contributed by atoms with Crippen LogP contribution in [0.3, 0.4) is 0 Å². The number of ether oxygens (including phenoxy) is 1. The van der Waals surface area contributed by atoms with E-state index in [1.807, 2.05) is 7.05 Å². The highest BCUT2D eigenvalue weighted by atomic mass is 16.5. The average molecular weight is 275 g/mol. The second kappa shape index (κ2) is 5.77.